The predicted molar refractivity (Wildman–Crippen MR) is 87.6 cm³/mol. The Morgan fingerprint density at radius 2 is 1.79 bits per heavy atom. The van der Waals surface area contributed by atoms with Crippen molar-refractivity contribution in [2.75, 3.05) is 23.0 Å². The minimum absolute atomic E-state index is 0.00287. The van der Waals surface area contributed by atoms with Crippen molar-refractivity contribution in [2.45, 2.75) is 6.10 Å². The Labute approximate surface area is 123 Å². The lowest BCUT2D eigenvalue weighted by molar-refractivity contribution is 0.0394. The summed E-state index contributed by atoms with van der Waals surface area (Å²) in [6, 6.07) is 7.51. The normalized spacial score (nSPS) is 17.6. The lowest BCUT2D eigenvalue weighted by atomic mass is 9.95. The monoisotopic (exact) mass is 292 g/mol. The zero-order valence-corrected chi connectivity index (χ0v) is 12.7. The highest BCUT2D eigenvalue weighted by Crippen LogP contribution is 2.21. The number of hydrogen-bond acceptors (Lipinski definition) is 4. The van der Waals surface area contributed by atoms with Gasteiger partial charge in [-0.1, -0.05) is 29.7 Å². The van der Waals surface area contributed by atoms with E-state index < -0.39 is 0 Å². The molecular formula is C14H17BO2S2. The second-order valence-corrected chi connectivity index (χ2v) is 6.73. The minimum atomic E-state index is -0.217. The summed E-state index contributed by atoms with van der Waals surface area (Å²) in [5.41, 5.74) is 3.04. The molecule has 1 heterocycles. The summed E-state index contributed by atoms with van der Waals surface area (Å²) in [6.07, 6.45) is -0.00287. The van der Waals surface area contributed by atoms with Crippen molar-refractivity contribution in [3.63, 3.8) is 0 Å². The molecule has 0 atom stereocenters. The molecule has 1 aromatic rings. The second kappa shape index (κ2) is 7.10. The lowest BCUT2D eigenvalue weighted by Crippen LogP contribution is -2.25. The van der Waals surface area contributed by atoms with Crippen LogP contribution in [0.4, 0.5) is 0 Å². The van der Waals surface area contributed by atoms with Crippen LogP contribution in [0.2, 0.25) is 0 Å². The molecule has 0 unspecified atom stereocenters. The summed E-state index contributed by atoms with van der Waals surface area (Å²) in [5.74, 6) is 3.41. The molecule has 0 bridgehead atoms. The zero-order chi connectivity index (χ0) is 13.7. The SMILES string of the molecule is Bc1ccc(C(=O)OC2CSCC(=C)CSC2)cc1. The molecule has 0 radical (unpaired) electrons. The largest absolute Gasteiger partial charge is 0.457 e. The van der Waals surface area contributed by atoms with E-state index in [2.05, 4.69) is 6.58 Å². The maximum absolute atomic E-state index is 12.0. The smallest absolute Gasteiger partial charge is 0.338 e. The molecule has 5 heteroatoms. The van der Waals surface area contributed by atoms with Gasteiger partial charge in [-0.15, -0.1) is 0 Å². The van der Waals surface area contributed by atoms with Crippen molar-refractivity contribution in [3.8, 4) is 0 Å². The van der Waals surface area contributed by atoms with Gasteiger partial charge in [0, 0.05) is 23.0 Å². The van der Waals surface area contributed by atoms with Crippen LogP contribution in [0, 0.1) is 0 Å². The van der Waals surface area contributed by atoms with Crippen molar-refractivity contribution >= 4 is 42.8 Å². The first-order valence-corrected chi connectivity index (χ1v) is 8.56. The van der Waals surface area contributed by atoms with Crippen LogP contribution in [-0.4, -0.2) is 42.9 Å². The minimum Gasteiger partial charge on any atom is -0.457 e. The Balaban J connectivity index is 1.90. The van der Waals surface area contributed by atoms with Crippen molar-refractivity contribution in [1.29, 1.82) is 0 Å². The number of carbonyl (C=O) groups is 1. The summed E-state index contributed by atoms with van der Waals surface area (Å²) in [4.78, 5) is 12.0. The number of esters is 1. The lowest BCUT2D eigenvalue weighted by Gasteiger charge is -2.20. The number of benzene rings is 1. The summed E-state index contributed by atoms with van der Waals surface area (Å²) < 4.78 is 5.58. The van der Waals surface area contributed by atoms with Gasteiger partial charge in [0.15, 0.2) is 0 Å². The molecule has 1 fully saturated rings. The highest BCUT2D eigenvalue weighted by molar-refractivity contribution is 8.01. The molecule has 1 aromatic carbocycles. The second-order valence-electron chi connectivity index (χ2n) is 4.67. The Morgan fingerprint density at radius 1 is 1.21 bits per heavy atom. The number of carbonyl (C=O) groups excluding carboxylic acids is 1. The third kappa shape index (κ3) is 4.66. The quantitative estimate of drug-likeness (QED) is 0.469. The van der Waals surface area contributed by atoms with E-state index in [4.69, 9.17) is 4.74 Å². The Morgan fingerprint density at radius 3 is 2.37 bits per heavy atom. The Kier molecular flexibility index (Phi) is 5.46. The standard InChI is InChI=1S/C14H17BO2S2/c1-10-6-18-8-13(9-19-7-10)17-14(16)11-2-4-12(15)5-3-11/h2-5,13H,1,6-9,15H2. The molecule has 1 aliphatic heterocycles. The van der Waals surface area contributed by atoms with Crippen molar-refractivity contribution in [1.82, 2.24) is 0 Å². The van der Waals surface area contributed by atoms with Gasteiger partial charge in [0.2, 0.25) is 0 Å². The summed E-state index contributed by atoms with van der Waals surface area (Å²) >= 11 is 3.59. The zero-order valence-electron chi connectivity index (χ0n) is 11.1. The average Bonchev–Trinajstić information content (AvgIpc) is 2.36. The van der Waals surface area contributed by atoms with E-state index in [9.17, 15) is 4.79 Å². The number of thioether (sulfide) groups is 2. The molecule has 2 rings (SSSR count). The molecule has 1 aliphatic rings. The molecule has 0 aliphatic carbocycles. The van der Waals surface area contributed by atoms with Crippen LogP contribution in [0.5, 0.6) is 0 Å². The van der Waals surface area contributed by atoms with Crippen LogP contribution in [0.15, 0.2) is 36.4 Å². The van der Waals surface area contributed by atoms with E-state index in [0.29, 0.717) is 5.56 Å². The highest BCUT2D eigenvalue weighted by atomic mass is 32.2. The van der Waals surface area contributed by atoms with Crippen molar-refractivity contribution in [2.24, 2.45) is 0 Å². The summed E-state index contributed by atoms with van der Waals surface area (Å²) in [7, 11) is 2.00. The first-order valence-electron chi connectivity index (χ1n) is 6.25. The topological polar surface area (TPSA) is 26.3 Å². The van der Waals surface area contributed by atoms with Crippen LogP contribution < -0.4 is 5.46 Å². The molecule has 0 spiro atoms. The van der Waals surface area contributed by atoms with Crippen LogP contribution in [0.1, 0.15) is 10.4 Å². The fourth-order valence-corrected chi connectivity index (χ4v) is 3.93. The third-order valence-corrected chi connectivity index (χ3v) is 5.22. The van der Waals surface area contributed by atoms with Gasteiger partial charge in [-0.05, 0) is 12.1 Å². The van der Waals surface area contributed by atoms with E-state index in [1.165, 1.54) is 5.57 Å². The third-order valence-electron chi connectivity index (χ3n) is 2.78. The van der Waals surface area contributed by atoms with Gasteiger partial charge < -0.3 is 4.74 Å². The van der Waals surface area contributed by atoms with Gasteiger partial charge in [0.25, 0.3) is 0 Å². The van der Waals surface area contributed by atoms with Crippen LogP contribution in [0.3, 0.4) is 0 Å². The molecule has 0 amide bonds. The number of rotatable bonds is 2. The predicted octanol–water partition coefficient (Wildman–Crippen LogP) is 1.51. The summed E-state index contributed by atoms with van der Waals surface area (Å²) in [6.45, 7) is 4.01. The first-order chi connectivity index (χ1) is 9.15. The molecule has 0 saturated carbocycles. The molecular weight excluding hydrogens is 275 g/mol. The number of hydrogen-bond donors (Lipinski definition) is 0. The maximum atomic E-state index is 12.0. The van der Waals surface area contributed by atoms with E-state index in [0.717, 1.165) is 28.5 Å². The van der Waals surface area contributed by atoms with Gasteiger partial charge >= 0.3 is 5.97 Å². The average molecular weight is 292 g/mol. The first kappa shape index (κ1) is 14.6. The molecule has 1 saturated heterocycles. The number of ether oxygens (including phenoxy) is 1. The van der Waals surface area contributed by atoms with Crippen LogP contribution >= 0.6 is 23.5 Å². The van der Waals surface area contributed by atoms with Gasteiger partial charge in [0.05, 0.1) is 5.56 Å². The van der Waals surface area contributed by atoms with Crippen LogP contribution in [-0.2, 0) is 4.74 Å². The highest BCUT2D eigenvalue weighted by Gasteiger charge is 2.18. The van der Waals surface area contributed by atoms with Gasteiger partial charge in [0.1, 0.15) is 14.0 Å². The van der Waals surface area contributed by atoms with Gasteiger partial charge in [-0.25, -0.2) is 4.79 Å². The molecule has 100 valence electrons. The fourth-order valence-electron chi connectivity index (χ4n) is 1.74. The summed E-state index contributed by atoms with van der Waals surface area (Å²) in [5, 5.41) is 0. The molecule has 2 nitrogen and oxygen atoms in total. The van der Waals surface area contributed by atoms with Crippen molar-refractivity contribution in [3.05, 3.63) is 42.0 Å². The van der Waals surface area contributed by atoms with Crippen molar-refractivity contribution < 1.29 is 9.53 Å². The Hall–Kier alpha value is -0.805. The maximum Gasteiger partial charge on any atom is 0.338 e. The fraction of sp³-hybridized carbons (Fsp3) is 0.357. The van der Waals surface area contributed by atoms with Gasteiger partial charge in [-0.2, -0.15) is 23.5 Å². The molecule has 0 N–H and O–H groups in total. The molecule has 19 heavy (non-hydrogen) atoms. The van der Waals surface area contributed by atoms with E-state index in [1.54, 1.807) is 23.5 Å². The van der Waals surface area contributed by atoms with Crippen LogP contribution in [0.25, 0.3) is 0 Å². The van der Waals surface area contributed by atoms with E-state index in [1.807, 2.05) is 32.1 Å². The van der Waals surface area contributed by atoms with E-state index in [-0.39, 0.29) is 12.1 Å². The van der Waals surface area contributed by atoms with Gasteiger partial charge in [-0.3, -0.25) is 0 Å². The molecule has 0 aromatic heterocycles. The van der Waals surface area contributed by atoms with E-state index >= 15 is 0 Å². The Bertz CT molecular complexity index is 447.